The van der Waals surface area contributed by atoms with Gasteiger partial charge in [-0.25, -0.2) is 0 Å². The van der Waals surface area contributed by atoms with Gasteiger partial charge in [-0.15, -0.1) is 0 Å². The normalized spacial score (nSPS) is 28.1. The second kappa shape index (κ2) is 6.45. The van der Waals surface area contributed by atoms with Gasteiger partial charge < -0.3 is 10.4 Å². The van der Waals surface area contributed by atoms with Gasteiger partial charge in [0.2, 0.25) is 5.91 Å². The molecule has 4 atom stereocenters. The zero-order chi connectivity index (χ0) is 15.5. The quantitative estimate of drug-likeness (QED) is 0.819. The highest BCUT2D eigenvalue weighted by atomic mass is 19.4. The summed E-state index contributed by atoms with van der Waals surface area (Å²) in [6.07, 6.45) is -3.85. The van der Waals surface area contributed by atoms with Crippen molar-refractivity contribution < 1.29 is 27.9 Å². The molecule has 0 aliphatic heterocycles. The van der Waals surface area contributed by atoms with Crippen LogP contribution < -0.4 is 5.32 Å². The van der Waals surface area contributed by atoms with E-state index in [2.05, 4.69) is 5.32 Å². The molecule has 2 N–H and O–H groups in total. The van der Waals surface area contributed by atoms with Gasteiger partial charge in [0, 0.05) is 6.04 Å². The largest absolute Gasteiger partial charge is 0.481 e. The number of amides is 1. The Labute approximate surface area is 115 Å². The molecule has 1 rings (SSSR count). The van der Waals surface area contributed by atoms with Crippen LogP contribution in [0.1, 0.15) is 39.5 Å². The molecule has 0 aromatic carbocycles. The van der Waals surface area contributed by atoms with E-state index in [4.69, 9.17) is 5.11 Å². The lowest BCUT2D eigenvalue weighted by molar-refractivity contribution is -0.148. The first-order valence-electron chi connectivity index (χ1n) is 6.74. The molecule has 0 aromatic rings. The van der Waals surface area contributed by atoms with E-state index in [-0.39, 0.29) is 5.92 Å². The van der Waals surface area contributed by atoms with E-state index >= 15 is 0 Å². The van der Waals surface area contributed by atoms with E-state index in [0.29, 0.717) is 12.8 Å². The van der Waals surface area contributed by atoms with Crippen LogP contribution in [0, 0.1) is 17.8 Å². The Hall–Kier alpha value is -1.27. The molecular weight excluding hydrogens is 275 g/mol. The Balaban J connectivity index is 2.63. The summed E-state index contributed by atoms with van der Waals surface area (Å²) in [5.41, 5.74) is 0. The number of hydrogen-bond acceptors (Lipinski definition) is 2. The molecule has 1 fully saturated rings. The highest BCUT2D eigenvalue weighted by Gasteiger charge is 2.42. The third-order valence-corrected chi connectivity index (χ3v) is 3.82. The molecule has 20 heavy (non-hydrogen) atoms. The first-order valence-corrected chi connectivity index (χ1v) is 6.74. The topological polar surface area (TPSA) is 66.4 Å². The van der Waals surface area contributed by atoms with Crippen molar-refractivity contribution in [2.24, 2.45) is 17.8 Å². The Bertz CT molecular complexity index is 370. The maximum absolute atomic E-state index is 12.2. The first-order chi connectivity index (χ1) is 9.14. The smallest absolute Gasteiger partial charge is 0.391 e. The van der Waals surface area contributed by atoms with Crippen LogP contribution in [0.4, 0.5) is 13.2 Å². The highest BCUT2D eigenvalue weighted by molar-refractivity contribution is 5.85. The van der Waals surface area contributed by atoms with Crippen molar-refractivity contribution in [3.05, 3.63) is 0 Å². The SMILES string of the molecule is CCC1C[C@H](C(=O)NC(C)CC(F)(F)F)[C@H](C(=O)O)C1. The van der Waals surface area contributed by atoms with Crippen LogP contribution in [-0.2, 0) is 9.59 Å². The Morgan fingerprint density at radius 2 is 1.85 bits per heavy atom. The minimum atomic E-state index is -4.35. The molecule has 4 nitrogen and oxygen atoms in total. The van der Waals surface area contributed by atoms with Crippen molar-refractivity contribution in [2.75, 3.05) is 0 Å². The molecule has 116 valence electrons. The molecule has 0 saturated heterocycles. The van der Waals surface area contributed by atoms with E-state index in [1.165, 1.54) is 6.92 Å². The fourth-order valence-corrected chi connectivity index (χ4v) is 2.79. The summed E-state index contributed by atoms with van der Waals surface area (Å²) in [4.78, 5) is 23.1. The zero-order valence-corrected chi connectivity index (χ0v) is 11.5. The standard InChI is InChI=1S/C13H20F3NO3/c1-3-8-4-9(10(5-8)12(19)20)11(18)17-7(2)6-13(14,15)16/h7-10H,3-6H2,1-2H3,(H,17,18)(H,19,20)/t7?,8?,9-,10+/m0/s1. The predicted octanol–water partition coefficient (Wildman–Crippen LogP) is 2.58. The van der Waals surface area contributed by atoms with Crippen molar-refractivity contribution in [1.29, 1.82) is 0 Å². The van der Waals surface area contributed by atoms with Gasteiger partial charge in [0.25, 0.3) is 0 Å². The molecule has 7 heteroatoms. The third-order valence-electron chi connectivity index (χ3n) is 3.82. The van der Waals surface area contributed by atoms with Crippen LogP contribution >= 0.6 is 0 Å². The number of carbonyl (C=O) groups excluding carboxylic acids is 1. The van der Waals surface area contributed by atoms with Crippen molar-refractivity contribution in [2.45, 2.75) is 51.7 Å². The van der Waals surface area contributed by atoms with E-state index in [1.807, 2.05) is 6.92 Å². The third kappa shape index (κ3) is 4.68. The van der Waals surface area contributed by atoms with Crippen LogP contribution in [0.3, 0.4) is 0 Å². The molecule has 2 unspecified atom stereocenters. The molecule has 0 radical (unpaired) electrons. The number of carboxylic acids is 1. The summed E-state index contributed by atoms with van der Waals surface area (Å²) < 4.78 is 36.6. The number of rotatable bonds is 5. The Kier molecular flexibility index (Phi) is 5.42. The van der Waals surface area contributed by atoms with Gasteiger partial charge in [-0.05, 0) is 25.7 Å². The Morgan fingerprint density at radius 1 is 1.30 bits per heavy atom. The lowest BCUT2D eigenvalue weighted by Gasteiger charge is -2.20. The summed E-state index contributed by atoms with van der Waals surface area (Å²) in [5.74, 6) is -3.01. The Morgan fingerprint density at radius 3 is 2.30 bits per heavy atom. The number of carbonyl (C=O) groups is 2. The second-order valence-corrected chi connectivity index (χ2v) is 5.53. The lowest BCUT2D eigenvalue weighted by atomic mass is 9.95. The number of hydrogen-bond donors (Lipinski definition) is 2. The maximum atomic E-state index is 12.2. The maximum Gasteiger partial charge on any atom is 0.391 e. The minimum absolute atomic E-state index is 0.143. The van der Waals surface area contributed by atoms with Gasteiger partial charge in [-0.3, -0.25) is 9.59 Å². The van der Waals surface area contributed by atoms with Gasteiger partial charge in [-0.1, -0.05) is 13.3 Å². The molecule has 1 aliphatic carbocycles. The van der Waals surface area contributed by atoms with Gasteiger partial charge in [0.15, 0.2) is 0 Å². The van der Waals surface area contributed by atoms with E-state index in [0.717, 1.165) is 6.42 Å². The molecular formula is C13H20F3NO3. The average molecular weight is 295 g/mol. The summed E-state index contributed by atoms with van der Waals surface area (Å²) in [6, 6.07) is -1.04. The van der Waals surface area contributed by atoms with Crippen LogP contribution in [0.25, 0.3) is 0 Å². The van der Waals surface area contributed by atoms with E-state index in [1.54, 1.807) is 0 Å². The van der Waals surface area contributed by atoms with Crippen LogP contribution in [0.2, 0.25) is 0 Å². The summed E-state index contributed by atoms with van der Waals surface area (Å²) >= 11 is 0. The van der Waals surface area contributed by atoms with Gasteiger partial charge in [-0.2, -0.15) is 13.2 Å². The van der Waals surface area contributed by atoms with Crippen molar-refractivity contribution in [3.8, 4) is 0 Å². The lowest BCUT2D eigenvalue weighted by Crippen LogP contribution is -2.41. The summed E-state index contributed by atoms with van der Waals surface area (Å²) in [6.45, 7) is 3.18. The number of nitrogens with one attached hydrogen (secondary N) is 1. The molecule has 0 aromatic heterocycles. The first kappa shape index (κ1) is 16.8. The minimum Gasteiger partial charge on any atom is -0.481 e. The van der Waals surface area contributed by atoms with Crippen molar-refractivity contribution in [3.63, 3.8) is 0 Å². The monoisotopic (exact) mass is 295 g/mol. The number of halogens is 3. The number of aliphatic carboxylic acids is 1. The molecule has 0 heterocycles. The van der Waals surface area contributed by atoms with E-state index < -0.39 is 42.4 Å². The second-order valence-electron chi connectivity index (χ2n) is 5.53. The average Bonchev–Trinajstić information content (AvgIpc) is 2.70. The van der Waals surface area contributed by atoms with Gasteiger partial charge in [0.05, 0.1) is 18.3 Å². The summed E-state index contributed by atoms with van der Waals surface area (Å²) in [7, 11) is 0. The van der Waals surface area contributed by atoms with E-state index in [9.17, 15) is 22.8 Å². The molecule has 0 bridgehead atoms. The molecule has 1 aliphatic rings. The summed E-state index contributed by atoms with van der Waals surface area (Å²) in [5, 5.41) is 11.4. The van der Waals surface area contributed by atoms with Gasteiger partial charge in [0.1, 0.15) is 0 Å². The molecule has 0 spiro atoms. The van der Waals surface area contributed by atoms with Gasteiger partial charge >= 0.3 is 12.1 Å². The zero-order valence-electron chi connectivity index (χ0n) is 11.5. The van der Waals surface area contributed by atoms with Crippen molar-refractivity contribution in [1.82, 2.24) is 5.32 Å². The molecule has 1 amide bonds. The highest BCUT2D eigenvalue weighted by Crippen LogP contribution is 2.38. The predicted molar refractivity (Wildman–Crippen MR) is 65.9 cm³/mol. The van der Waals surface area contributed by atoms with Crippen LogP contribution in [0.5, 0.6) is 0 Å². The fraction of sp³-hybridized carbons (Fsp3) is 0.846. The fourth-order valence-electron chi connectivity index (χ4n) is 2.79. The molecule has 1 saturated carbocycles. The van der Waals surface area contributed by atoms with Crippen molar-refractivity contribution >= 4 is 11.9 Å². The number of alkyl halides is 3. The van der Waals surface area contributed by atoms with Crippen LogP contribution in [0.15, 0.2) is 0 Å². The van der Waals surface area contributed by atoms with Crippen LogP contribution in [-0.4, -0.2) is 29.2 Å². The number of carboxylic acid groups (broad SMARTS) is 1.